The van der Waals surface area contributed by atoms with Crippen LogP contribution < -0.4 is 0 Å². The van der Waals surface area contributed by atoms with E-state index >= 15 is 0 Å². The van der Waals surface area contributed by atoms with Crippen molar-refractivity contribution in [2.24, 2.45) is 0 Å². The van der Waals surface area contributed by atoms with Crippen LogP contribution in [0.15, 0.2) is 36.4 Å². The van der Waals surface area contributed by atoms with Crippen LogP contribution in [0.1, 0.15) is 15.9 Å². The van der Waals surface area contributed by atoms with Gasteiger partial charge in [-0.15, -0.1) is 12.3 Å². The van der Waals surface area contributed by atoms with Crippen LogP contribution in [0.2, 0.25) is 0 Å². The molecule has 0 spiro atoms. The van der Waals surface area contributed by atoms with Crippen molar-refractivity contribution >= 4 is 16.7 Å². The number of carbonyl (C=O) groups is 1. The summed E-state index contributed by atoms with van der Waals surface area (Å²) in [6, 6.07) is 11.1. The molecule has 2 rings (SSSR count). The molecule has 2 heteroatoms. The van der Waals surface area contributed by atoms with Gasteiger partial charge in [0, 0.05) is 6.42 Å². The Hall–Kier alpha value is -2.27. The van der Waals surface area contributed by atoms with Gasteiger partial charge in [0.25, 0.3) is 0 Å². The van der Waals surface area contributed by atoms with E-state index in [1.807, 2.05) is 24.3 Å². The van der Waals surface area contributed by atoms with Crippen LogP contribution >= 0.6 is 0 Å². The van der Waals surface area contributed by atoms with Crippen LogP contribution in [0, 0.1) is 12.3 Å². The van der Waals surface area contributed by atoms with E-state index in [-0.39, 0.29) is 0 Å². The second-order valence-electron chi connectivity index (χ2n) is 3.51. The number of terminal acetylenes is 1. The number of hydrogen-bond donors (Lipinski definition) is 1. The van der Waals surface area contributed by atoms with Gasteiger partial charge in [0.1, 0.15) is 0 Å². The minimum absolute atomic E-state index is 0.316. The largest absolute Gasteiger partial charge is 0.478 e. The van der Waals surface area contributed by atoms with E-state index in [0.29, 0.717) is 17.5 Å². The van der Waals surface area contributed by atoms with E-state index in [1.54, 1.807) is 12.1 Å². The third-order valence-electron chi connectivity index (χ3n) is 2.52. The zero-order valence-corrected chi connectivity index (χ0v) is 8.60. The molecule has 0 fully saturated rings. The molecule has 0 amide bonds. The van der Waals surface area contributed by atoms with Crippen LogP contribution in [0.25, 0.3) is 10.8 Å². The zero-order chi connectivity index (χ0) is 11.5. The molecule has 1 N–H and O–H groups in total. The molecule has 78 valence electrons. The molecule has 0 aromatic heterocycles. The van der Waals surface area contributed by atoms with Gasteiger partial charge in [-0.05, 0) is 16.3 Å². The standard InChI is InChI=1S/C14H10O2/c1-2-5-11-9-8-10-6-3-4-7-12(10)13(11)14(15)16/h1,3-4,6-9H,5H2,(H,15,16). The maximum Gasteiger partial charge on any atom is 0.336 e. The molecule has 2 nitrogen and oxygen atoms in total. The molecule has 0 aliphatic heterocycles. The van der Waals surface area contributed by atoms with Crippen molar-refractivity contribution in [2.75, 3.05) is 0 Å². The number of hydrogen-bond acceptors (Lipinski definition) is 1. The number of benzene rings is 2. The summed E-state index contributed by atoms with van der Waals surface area (Å²) in [6.07, 6.45) is 5.57. The highest BCUT2D eigenvalue weighted by Crippen LogP contribution is 2.22. The molecule has 0 atom stereocenters. The average Bonchev–Trinajstić information content (AvgIpc) is 2.28. The topological polar surface area (TPSA) is 37.3 Å². The fraction of sp³-hybridized carbons (Fsp3) is 0.0714. The third kappa shape index (κ3) is 1.64. The van der Waals surface area contributed by atoms with Crippen molar-refractivity contribution in [3.63, 3.8) is 0 Å². The summed E-state index contributed by atoms with van der Waals surface area (Å²) in [4.78, 5) is 11.2. The minimum Gasteiger partial charge on any atom is -0.478 e. The van der Waals surface area contributed by atoms with Crippen LogP contribution in [-0.2, 0) is 6.42 Å². The zero-order valence-electron chi connectivity index (χ0n) is 8.60. The second-order valence-corrected chi connectivity index (χ2v) is 3.51. The van der Waals surface area contributed by atoms with Crippen molar-refractivity contribution in [3.8, 4) is 12.3 Å². The molecule has 2 aromatic carbocycles. The number of fused-ring (bicyclic) bond motifs is 1. The lowest BCUT2D eigenvalue weighted by Gasteiger charge is -2.07. The van der Waals surface area contributed by atoms with Gasteiger partial charge in [-0.1, -0.05) is 36.4 Å². The first-order valence-electron chi connectivity index (χ1n) is 4.91. The quantitative estimate of drug-likeness (QED) is 0.774. The van der Waals surface area contributed by atoms with Gasteiger partial charge in [-0.2, -0.15) is 0 Å². The maximum absolute atomic E-state index is 11.2. The predicted octanol–water partition coefficient (Wildman–Crippen LogP) is 2.71. The third-order valence-corrected chi connectivity index (χ3v) is 2.52. The Kier molecular flexibility index (Phi) is 2.61. The Labute approximate surface area is 93.5 Å². The van der Waals surface area contributed by atoms with E-state index in [0.717, 1.165) is 10.8 Å². The van der Waals surface area contributed by atoms with Crippen molar-refractivity contribution in [2.45, 2.75) is 6.42 Å². The second kappa shape index (κ2) is 4.08. The molecule has 0 heterocycles. The lowest BCUT2D eigenvalue weighted by Crippen LogP contribution is -2.03. The lowest BCUT2D eigenvalue weighted by atomic mass is 9.97. The average molecular weight is 210 g/mol. The molecule has 0 unspecified atom stereocenters. The van der Waals surface area contributed by atoms with Gasteiger partial charge in [0.15, 0.2) is 0 Å². The van der Waals surface area contributed by atoms with Gasteiger partial charge >= 0.3 is 5.97 Å². The summed E-state index contributed by atoms with van der Waals surface area (Å²) >= 11 is 0. The molecule has 16 heavy (non-hydrogen) atoms. The number of carboxylic acids is 1. The minimum atomic E-state index is -0.929. The van der Waals surface area contributed by atoms with E-state index in [1.165, 1.54) is 0 Å². The number of rotatable bonds is 2. The first-order valence-corrected chi connectivity index (χ1v) is 4.91. The van der Waals surface area contributed by atoms with Crippen LogP contribution in [0.4, 0.5) is 0 Å². The highest BCUT2D eigenvalue weighted by Gasteiger charge is 2.13. The lowest BCUT2D eigenvalue weighted by molar-refractivity contribution is 0.0698. The van der Waals surface area contributed by atoms with Crippen molar-refractivity contribution in [3.05, 3.63) is 47.5 Å². The highest BCUT2D eigenvalue weighted by molar-refractivity contribution is 6.05. The summed E-state index contributed by atoms with van der Waals surface area (Å²) in [5.41, 5.74) is 1.00. The monoisotopic (exact) mass is 210 g/mol. The fourth-order valence-corrected chi connectivity index (χ4v) is 1.83. The van der Waals surface area contributed by atoms with Gasteiger partial charge in [0.2, 0.25) is 0 Å². The fourth-order valence-electron chi connectivity index (χ4n) is 1.83. The van der Waals surface area contributed by atoms with Gasteiger partial charge in [-0.25, -0.2) is 4.79 Å². The molecule has 0 radical (unpaired) electrons. The van der Waals surface area contributed by atoms with E-state index in [2.05, 4.69) is 5.92 Å². The van der Waals surface area contributed by atoms with E-state index in [9.17, 15) is 9.90 Å². The number of aromatic carboxylic acids is 1. The smallest absolute Gasteiger partial charge is 0.336 e. The first kappa shape index (κ1) is 10.3. The summed E-state index contributed by atoms with van der Waals surface area (Å²) in [6.45, 7) is 0. The molecular formula is C14H10O2. The Bertz CT molecular complexity index is 591. The van der Waals surface area contributed by atoms with Crippen LogP contribution in [0.3, 0.4) is 0 Å². The van der Waals surface area contributed by atoms with Crippen molar-refractivity contribution in [1.82, 2.24) is 0 Å². The van der Waals surface area contributed by atoms with E-state index < -0.39 is 5.97 Å². The predicted molar refractivity (Wildman–Crippen MR) is 63.4 cm³/mol. The number of carboxylic acid groups (broad SMARTS) is 1. The van der Waals surface area contributed by atoms with Gasteiger partial charge < -0.3 is 5.11 Å². The summed E-state index contributed by atoms with van der Waals surface area (Å²) in [5, 5.41) is 10.9. The van der Waals surface area contributed by atoms with Crippen molar-refractivity contribution in [1.29, 1.82) is 0 Å². The van der Waals surface area contributed by atoms with E-state index in [4.69, 9.17) is 6.42 Å². The summed E-state index contributed by atoms with van der Waals surface area (Å²) in [5.74, 6) is 1.55. The molecular weight excluding hydrogens is 200 g/mol. The first-order chi connectivity index (χ1) is 7.74. The molecule has 0 aliphatic rings. The molecule has 0 saturated heterocycles. The van der Waals surface area contributed by atoms with Crippen LogP contribution in [-0.4, -0.2) is 11.1 Å². The highest BCUT2D eigenvalue weighted by atomic mass is 16.4. The van der Waals surface area contributed by atoms with Crippen molar-refractivity contribution < 1.29 is 9.90 Å². The van der Waals surface area contributed by atoms with Gasteiger partial charge in [0.05, 0.1) is 5.56 Å². The Morgan fingerprint density at radius 3 is 2.69 bits per heavy atom. The molecule has 0 bridgehead atoms. The molecule has 2 aromatic rings. The molecule has 0 saturated carbocycles. The Morgan fingerprint density at radius 1 is 1.25 bits per heavy atom. The Balaban J connectivity index is 2.80. The normalized spacial score (nSPS) is 9.94. The summed E-state index contributed by atoms with van der Waals surface area (Å²) < 4.78 is 0. The SMILES string of the molecule is C#CCc1ccc2ccccc2c1C(=O)O. The Morgan fingerprint density at radius 2 is 2.00 bits per heavy atom. The maximum atomic E-state index is 11.2. The van der Waals surface area contributed by atoms with Gasteiger partial charge in [-0.3, -0.25) is 0 Å². The molecule has 0 aliphatic carbocycles. The van der Waals surface area contributed by atoms with Crippen LogP contribution in [0.5, 0.6) is 0 Å². The summed E-state index contributed by atoms with van der Waals surface area (Å²) in [7, 11) is 0.